The van der Waals surface area contributed by atoms with Crippen LogP contribution in [0.4, 0.5) is 0 Å². The van der Waals surface area contributed by atoms with Crippen molar-refractivity contribution < 1.29 is 9.90 Å². The molecule has 0 amide bonds. The smallest absolute Gasteiger partial charge is 0.306 e. The van der Waals surface area contributed by atoms with Crippen molar-refractivity contribution in [2.75, 3.05) is 5.33 Å². The van der Waals surface area contributed by atoms with E-state index in [1.54, 1.807) is 0 Å². The Balaban J connectivity index is 3.30. The number of hydrogen-bond donors (Lipinski definition) is 1. The first-order valence-electron chi connectivity index (χ1n) is 11.0. The van der Waals surface area contributed by atoms with Crippen LogP contribution in [0.2, 0.25) is 0 Å². The highest BCUT2D eigenvalue weighted by Gasteiger charge is 2.15. The summed E-state index contributed by atoms with van der Waals surface area (Å²) in [6.07, 6.45) is 22.8. The summed E-state index contributed by atoms with van der Waals surface area (Å²) < 4.78 is 0. The van der Waals surface area contributed by atoms with Gasteiger partial charge in [0.05, 0.1) is 5.92 Å². The Labute approximate surface area is 165 Å². The molecular formula is C22H43BrO2. The van der Waals surface area contributed by atoms with Crippen LogP contribution in [0, 0.1) is 5.92 Å². The second-order valence-electron chi connectivity index (χ2n) is 7.60. The standard InChI is InChI=1S/C22H43BrO2/c1-2-3-4-5-6-7-8-9-10-11-12-13-14-15-18-21(22(24)25)19-16-17-20-23/h21H,2-20H2,1H3,(H,24,25). The fourth-order valence-electron chi connectivity index (χ4n) is 3.46. The molecular weight excluding hydrogens is 376 g/mol. The maximum atomic E-state index is 11.2. The quantitative estimate of drug-likeness (QED) is 0.160. The highest BCUT2D eigenvalue weighted by Crippen LogP contribution is 2.19. The number of unbranched alkanes of at least 4 members (excludes halogenated alkanes) is 14. The Morgan fingerprint density at radius 1 is 0.680 bits per heavy atom. The van der Waals surface area contributed by atoms with Crippen LogP contribution in [0.1, 0.15) is 122 Å². The second kappa shape index (κ2) is 20.3. The third-order valence-corrected chi connectivity index (χ3v) is 5.75. The molecule has 0 rings (SSSR count). The third-order valence-electron chi connectivity index (χ3n) is 5.19. The van der Waals surface area contributed by atoms with Crippen LogP contribution in [0.5, 0.6) is 0 Å². The van der Waals surface area contributed by atoms with Crippen LogP contribution in [0.15, 0.2) is 0 Å². The molecule has 1 N–H and O–H groups in total. The molecule has 0 aromatic carbocycles. The predicted octanol–water partition coefficient (Wildman–Crippen LogP) is 8.12. The molecule has 0 bridgehead atoms. The number of rotatable bonds is 20. The van der Waals surface area contributed by atoms with Crippen molar-refractivity contribution >= 4 is 21.9 Å². The normalized spacial score (nSPS) is 12.4. The molecule has 0 radical (unpaired) electrons. The minimum absolute atomic E-state index is 0.114. The Morgan fingerprint density at radius 3 is 1.40 bits per heavy atom. The van der Waals surface area contributed by atoms with E-state index in [4.69, 9.17) is 0 Å². The number of carboxylic acid groups (broad SMARTS) is 1. The Bertz CT molecular complexity index is 281. The van der Waals surface area contributed by atoms with E-state index in [2.05, 4.69) is 22.9 Å². The number of aliphatic carboxylic acids is 1. The number of carbonyl (C=O) groups is 1. The lowest BCUT2D eigenvalue weighted by molar-refractivity contribution is -0.142. The number of carboxylic acids is 1. The lowest BCUT2D eigenvalue weighted by Gasteiger charge is -2.11. The number of alkyl halides is 1. The van der Waals surface area contributed by atoms with E-state index in [9.17, 15) is 9.90 Å². The van der Waals surface area contributed by atoms with Crippen molar-refractivity contribution in [1.29, 1.82) is 0 Å². The molecule has 0 aromatic rings. The second-order valence-corrected chi connectivity index (χ2v) is 8.40. The predicted molar refractivity (Wildman–Crippen MR) is 114 cm³/mol. The first-order valence-corrected chi connectivity index (χ1v) is 12.1. The van der Waals surface area contributed by atoms with Crippen molar-refractivity contribution in [2.24, 2.45) is 5.92 Å². The van der Waals surface area contributed by atoms with Gasteiger partial charge in [-0.15, -0.1) is 0 Å². The third kappa shape index (κ3) is 18.5. The van der Waals surface area contributed by atoms with Gasteiger partial charge in [0.15, 0.2) is 0 Å². The maximum Gasteiger partial charge on any atom is 0.306 e. The summed E-state index contributed by atoms with van der Waals surface area (Å²) >= 11 is 3.41. The van der Waals surface area contributed by atoms with Gasteiger partial charge in [0.1, 0.15) is 0 Å². The van der Waals surface area contributed by atoms with Gasteiger partial charge in [-0.1, -0.05) is 119 Å². The molecule has 25 heavy (non-hydrogen) atoms. The van der Waals surface area contributed by atoms with Crippen molar-refractivity contribution in [3.05, 3.63) is 0 Å². The van der Waals surface area contributed by atoms with E-state index in [1.807, 2.05) is 0 Å². The summed E-state index contributed by atoms with van der Waals surface area (Å²) in [7, 11) is 0. The van der Waals surface area contributed by atoms with Gasteiger partial charge >= 0.3 is 5.97 Å². The molecule has 0 aromatic heterocycles. The zero-order valence-corrected chi connectivity index (χ0v) is 18.3. The van der Waals surface area contributed by atoms with Gasteiger partial charge in [-0.05, 0) is 19.3 Å². The number of hydrogen-bond acceptors (Lipinski definition) is 1. The van der Waals surface area contributed by atoms with Gasteiger partial charge < -0.3 is 5.11 Å². The fourth-order valence-corrected chi connectivity index (χ4v) is 3.86. The molecule has 0 saturated carbocycles. The van der Waals surface area contributed by atoms with Crippen molar-refractivity contribution in [1.82, 2.24) is 0 Å². The first-order chi connectivity index (χ1) is 12.2. The minimum atomic E-state index is -0.593. The summed E-state index contributed by atoms with van der Waals surface area (Å²) in [4.78, 5) is 11.2. The van der Waals surface area contributed by atoms with Crippen LogP contribution in [-0.4, -0.2) is 16.4 Å². The van der Waals surface area contributed by atoms with Crippen LogP contribution < -0.4 is 0 Å². The fraction of sp³-hybridized carbons (Fsp3) is 0.955. The molecule has 1 atom stereocenters. The molecule has 1 unspecified atom stereocenters. The summed E-state index contributed by atoms with van der Waals surface area (Å²) in [5.41, 5.74) is 0. The van der Waals surface area contributed by atoms with Crippen LogP contribution >= 0.6 is 15.9 Å². The largest absolute Gasteiger partial charge is 0.481 e. The van der Waals surface area contributed by atoms with Gasteiger partial charge in [0.2, 0.25) is 0 Å². The lowest BCUT2D eigenvalue weighted by Crippen LogP contribution is -2.13. The van der Waals surface area contributed by atoms with Crippen LogP contribution in [0.3, 0.4) is 0 Å². The molecule has 0 aliphatic heterocycles. The van der Waals surface area contributed by atoms with E-state index >= 15 is 0 Å². The van der Waals surface area contributed by atoms with Crippen LogP contribution in [-0.2, 0) is 4.79 Å². The first kappa shape index (κ1) is 24.9. The topological polar surface area (TPSA) is 37.3 Å². The van der Waals surface area contributed by atoms with Crippen molar-refractivity contribution in [3.8, 4) is 0 Å². The molecule has 0 saturated heterocycles. The Kier molecular flexibility index (Phi) is 20.2. The molecule has 150 valence electrons. The molecule has 0 heterocycles. The average molecular weight is 419 g/mol. The number of halogens is 1. The maximum absolute atomic E-state index is 11.2. The zero-order valence-electron chi connectivity index (χ0n) is 16.7. The van der Waals surface area contributed by atoms with Gasteiger partial charge in [-0.25, -0.2) is 0 Å². The van der Waals surface area contributed by atoms with Gasteiger partial charge in [0, 0.05) is 5.33 Å². The molecule has 0 spiro atoms. The molecule has 0 aliphatic rings. The van der Waals surface area contributed by atoms with E-state index < -0.39 is 5.97 Å². The average Bonchev–Trinajstić information content (AvgIpc) is 2.60. The molecule has 2 nitrogen and oxygen atoms in total. The lowest BCUT2D eigenvalue weighted by atomic mass is 9.95. The molecule has 0 fully saturated rings. The highest BCUT2D eigenvalue weighted by atomic mass is 79.9. The van der Waals surface area contributed by atoms with Gasteiger partial charge in [-0.3, -0.25) is 4.79 Å². The van der Waals surface area contributed by atoms with Gasteiger partial charge in [-0.2, -0.15) is 0 Å². The van der Waals surface area contributed by atoms with E-state index in [1.165, 1.54) is 83.5 Å². The van der Waals surface area contributed by atoms with E-state index in [0.29, 0.717) is 0 Å². The zero-order chi connectivity index (χ0) is 18.6. The Hall–Kier alpha value is -0.0500. The summed E-state index contributed by atoms with van der Waals surface area (Å²) in [6, 6.07) is 0. The molecule has 0 aliphatic carbocycles. The molecule has 3 heteroatoms. The SMILES string of the molecule is CCCCCCCCCCCCCCCCC(CCCCBr)C(=O)O. The summed E-state index contributed by atoms with van der Waals surface area (Å²) in [5.74, 6) is -0.708. The summed E-state index contributed by atoms with van der Waals surface area (Å²) in [6.45, 7) is 2.27. The van der Waals surface area contributed by atoms with Crippen molar-refractivity contribution in [3.63, 3.8) is 0 Å². The van der Waals surface area contributed by atoms with Gasteiger partial charge in [0.25, 0.3) is 0 Å². The highest BCUT2D eigenvalue weighted by molar-refractivity contribution is 9.09. The summed E-state index contributed by atoms with van der Waals surface area (Å²) in [5, 5.41) is 10.2. The van der Waals surface area contributed by atoms with Crippen molar-refractivity contribution in [2.45, 2.75) is 122 Å². The van der Waals surface area contributed by atoms with E-state index in [0.717, 1.165) is 37.4 Å². The van der Waals surface area contributed by atoms with Crippen LogP contribution in [0.25, 0.3) is 0 Å². The van der Waals surface area contributed by atoms with E-state index in [-0.39, 0.29) is 5.92 Å². The minimum Gasteiger partial charge on any atom is -0.481 e. The Morgan fingerprint density at radius 2 is 1.04 bits per heavy atom. The monoisotopic (exact) mass is 418 g/mol.